The minimum absolute atomic E-state index is 0. The SMILES string of the molecule is CCCNCCNC(=O)C(NC(=O)c1cccs1)C(C)C.Cl. The summed E-state index contributed by atoms with van der Waals surface area (Å²) in [6.45, 7) is 8.20. The molecule has 0 saturated heterocycles. The maximum atomic E-state index is 12.2. The second kappa shape index (κ2) is 11.5. The minimum atomic E-state index is -0.509. The lowest BCUT2D eigenvalue weighted by atomic mass is 10.0. The Morgan fingerprint density at radius 2 is 1.95 bits per heavy atom. The van der Waals surface area contributed by atoms with Gasteiger partial charge < -0.3 is 16.0 Å². The van der Waals surface area contributed by atoms with Crippen molar-refractivity contribution in [2.24, 2.45) is 5.92 Å². The fourth-order valence-electron chi connectivity index (χ4n) is 1.84. The van der Waals surface area contributed by atoms with Crippen molar-refractivity contribution < 1.29 is 9.59 Å². The molecule has 0 aliphatic rings. The molecule has 0 spiro atoms. The van der Waals surface area contributed by atoms with Crippen LogP contribution in [-0.2, 0) is 4.79 Å². The molecule has 1 aromatic rings. The van der Waals surface area contributed by atoms with Crippen LogP contribution in [0, 0.1) is 5.92 Å². The smallest absolute Gasteiger partial charge is 0.262 e. The van der Waals surface area contributed by atoms with Crippen LogP contribution in [-0.4, -0.2) is 37.5 Å². The average Bonchev–Trinajstić information content (AvgIpc) is 2.98. The summed E-state index contributed by atoms with van der Waals surface area (Å²) in [5, 5.41) is 10.7. The molecule has 0 aliphatic carbocycles. The molecule has 3 N–H and O–H groups in total. The van der Waals surface area contributed by atoms with Crippen molar-refractivity contribution >= 4 is 35.6 Å². The van der Waals surface area contributed by atoms with E-state index in [1.807, 2.05) is 25.3 Å². The molecule has 2 amide bonds. The summed E-state index contributed by atoms with van der Waals surface area (Å²) >= 11 is 1.37. The Kier molecular flexibility index (Phi) is 10.9. The van der Waals surface area contributed by atoms with Gasteiger partial charge in [-0.25, -0.2) is 0 Å². The Labute approximate surface area is 142 Å². The number of carbonyl (C=O) groups is 2. The van der Waals surface area contributed by atoms with E-state index < -0.39 is 6.04 Å². The van der Waals surface area contributed by atoms with Gasteiger partial charge in [-0.2, -0.15) is 0 Å². The molecule has 5 nitrogen and oxygen atoms in total. The van der Waals surface area contributed by atoms with Crippen molar-refractivity contribution in [2.75, 3.05) is 19.6 Å². The second-order valence-corrected chi connectivity index (χ2v) is 6.16. The molecule has 126 valence electrons. The van der Waals surface area contributed by atoms with E-state index in [9.17, 15) is 9.59 Å². The number of rotatable bonds is 9. The van der Waals surface area contributed by atoms with E-state index in [0.717, 1.165) is 19.5 Å². The van der Waals surface area contributed by atoms with Crippen LogP contribution in [0.2, 0.25) is 0 Å². The molecule has 1 atom stereocenters. The number of nitrogens with one attached hydrogen (secondary N) is 3. The van der Waals surface area contributed by atoms with Crippen LogP contribution >= 0.6 is 23.7 Å². The van der Waals surface area contributed by atoms with Crippen LogP contribution in [0.5, 0.6) is 0 Å². The third-order valence-electron chi connectivity index (χ3n) is 3.01. The van der Waals surface area contributed by atoms with Gasteiger partial charge in [-0.15, -0.1) is 23.7 Å². The van der Waals surface area contributed by atoms with Gasteiger partial charge in [-0.1, -0.05) is 26.8 Å². The standard InChI is InChI=1S/C15H25N3O2S.ClH/c1-4-7-16-8-9-17-15(20)13(11(2)3)18-14(19)12-6-5-10-21-12;/h5-6,10-11,13,16H,4,7-9H2,1-3H3,(H,17,20)(H,18,19);1H. The van der Waals surface area contributed by atoms with Crippen molar-refractivity contribution in [1.82, 2.24) is 16.0 Å². The molecule has 22 heavy (non-hydrogen) atoms. The van der Waals surface area contributed by atoms with E-state index in [-0.39, 0.29) is 30.1 Å². The number of hydrogen-bond acceptors (Lipinski definition) is 4. The lowest BCUT2D eigenvalue weighted by Crippen LogP contribution is -2.50. The highest BCUT2D eigenvalue weighted by molar-refractivity contribution is 7.12. The molecule has 7 heteroatoms. The average molecular weight is 348 g/mol. The second-order valence-electron chi connectivity index (χ2n) is 5.21. The monoisotopic (exact) mass is 347 g/mol. The molecule has 0 bridgehead atoms. The molecule has 1 rings (SSSR count). The van der Waals surface area contributed by atoms with Crippen LogP contribution in [0.25, 0.3) is 0 Å². The Morgan fingerprint density at radius 3 is 2.50 bits per heavy atom. The van der Waals surface area contributed by atoms with Crippen LogP contribution in [0.15, 0.2) is 17.5 Å². The van der Waals surface area contributed by atoms with Crippen LogP contribution < -0.4 is 16.0 Å². The first kappa shape index (κ1) is 20.9. The number of thiophene rings is 1. The van der Waals surface area contributed by atoms with Crippen molar-refractivity contribution in [3.63, 3.8) is 0 Å². The molecule has 0 saturated carbocycles. The van der Waals surface area contributed by atoms with Crippen LogP contribution in [0.3, 0.4) is 0 Å². The van der Waals surface area contributed by atoms with Crippen LogP contribution in [0.4, 0.5) is 0 Å². The highest BCUT2D eigenvalue weighted by Crippen LogP contribution is 2.10. The lowest BCUT2D eigenvalue weighted by Gasteiger charge is -2.21. The maximum Gasteiger partial charge on any atom is 0.262 e. The minimum Gasteiger partial charge on any atom is -0.353 e. The quantitative estimate of drug-likeness (QED) is 0.599. The van der Waals surface area contributed by atoms with Gasteiger partial charge in [0.15, 0.2) is 0 Å². The van der Waals surface area contributed by atoms with Gasteiger partial charge in [-0.3, -0.25) is 9.59 Å². The first-order chi connectivity index (χ1) is 10.1. The Balaban J connectivity index is 0.00000441. The van der Waals surface area contributed by atoms with Gasteiger partial charge in [-0.05, 0) is 30.3 Å². The van der Waals surface area contributed by atoms with Gasteiger partial charge in [0.25, 0.3) is 5.91 Å². The highest BCUT2D eigenvalue weighted by atomic mass is 35.5. The van der Waals surface area contributed by atoms with E-state index >= 15 is 0 Å². The largest absolute Gasteiger partial charge is 0.353 e. The van der Waals surface area contributed by atoms with Crippen molar-refractivity contribution in [3.05, 3.63) is 22.4 Å². The van der Waals surface area contributed by atoms with Crippen molar-refractivity contribution in [1.29, 1.82) is 0 Å². The van der Waals surface area contributed by atoms with Gasteiger partial charge in [0.2, 0.25) is 5.91 Å². The summed E-state index contributed by atoms with van der Waals surface area (Å²) in [5.74, 6) is -0.284. The summed E-state index contributed by atoms with van der Waals surface area (Å²) in [6, 6.07) is 3.07. The van der Waals surface area contributed by atoms with Gasteiger partial charge in [0, 0.05) is 13.1 Å². The van der Waals surface area contributed by atoms with Gasteiger partial charge >= 0.3 is 0 Å². The topological polar surface area (TPSA) is 70.2 Å². The lowest BCUT2D eigenvalue weighted by molar-refractivity contribution is -0.123. The first-order valence-electron chi connectivity index (χ1n) is 7.39. The predicted octanol–water partition coefficient (Wildman–Crippen LogP) is 2.04. The molecule has 1 aromatic heterocycles. The van der Waals surface area contributed by atoms with Crippen molar-refractivity contribution in [2.45, 2.75) is 33.2 Å². The summed E-state index contributed by atoms with van der Waals surface area (Å²) in [4.78, 5) is 24.8. The van der Waals surface area contributed by atoms with Crippen LogP contribution in [0.1, 0.15) is 36.9 Å². The van der Waals surface area contributed by atoms with E-state index in [1.54, 1.807) is 6.07 Å². The van der Waals surface area contributed by atoms with Gasteiger partial charge in [0.05, 0.1) is 4.88 Å². The van der Waals surface area contributed by atoms with Gasteiger partial charge in [0.1, 0.15) is 6.04 Å². The van der Waals surface area contributed by atoms with E-state index in [4.69, 9.17) is 0 Å². The molecule has 0 fully saturated rings. The number of hydrogen-bond donors (Lipinski definition) is 3. The Hall–Kier alpha value is -1.11. The number of carbonyl (C=O) groups excluding carboxylic acids is 2. The Morgan fingerprint density at radius 1 is 1.23 bits per heavy atom. The fraction of sp³-hybridized carbons (Fsp3) is 0.600. The zero-order chi connectivity index (χ0) is 15.7. The third kappa shape index (κ3) is 7.24. The molecule has 1 unspecified atom stereocenters. The van der Waals surface area contributed by atoms with E-state index in [1.165, 1.54) is 11.3 Å². The zero-order valence-electron chi connectivity index (χ0n) is 13.3. The summed E-state index contributed by atoms with van der Waals surface area (Å²) < 4.78 is 0. The van der Waals surface area contributed by atoms with E-state index in [2.05, 4.69) is 22.9 Å². The molecule has 0 aromatic carbocycles. The maximum absolute atomic E-state index is 12.2. The molecule has 0 radical (unpaired) electrons. The molecular weight excluding hydrogens is 322 g/mol. The molecule has 1 heterocycles. The highest BCUT2D eigenvalue weighted by Gasteiger charge is 2.24. The Bertz CT molecular complexity index is 438. The van der Waals surface area contributed by atoms with E-state index in [0.29, 0.717) is 11.4 Å². The fourth-order valence-corrected chi connectivity index (χ4v) is 2.47. The third-order valence-corrected chi connectivity index (χ3v) is 3.88. The summed E-state index contributed by atoms with van der Waals surface area (Å²) in [6.07, 6.45) is 1.07. The molecule has 0 aliphatic heterocycles. The number of halogens is 1. The normalized spacial score (nSPS) is 11.6. The molecular formula is C15H26ClN3O2S. The zero-order valence-corrected chi connectivity index (χ0v) is 15.0. The summed E-state index contributed by atoms with van der Waals surface area (Å²) in [5.41, 5.74) is 0. The first-order valence-corrected chi connectivity index (χ1v) is 8.27. The predicted molar refractivity (Wildman–Crippen MR) is 93.8 cm³/mol. The summed E-state index contributed by atoms with van der Waals surface area (Å²) in [7, 11) is 0. The van der Waals surface area contributed by atoms with Crippen molar-refractivity contribution in [3.8, 4) is 0 Å². The number of amides is 2.